The van der Waals surface area contributed by atoms with Crippen molar-refractivity contribution in [1.29, 1.82) is 0 Å². The minimum Gasteiger partial charge on any atom is -0.379 e. The summed E-state index contributed by atoms with van der Waals surface area (Å²) in [6, 6.07) is 0. The first-order valence-corrected chi connectivity index (χ1v) is 12.0. The van der Waals surface area contributed by atoms with Crippen LogP contribution in [0.25, 0.3) is 0 Å². The lowest BCUT2D eigenvalue weighted by Gasteiger charge is -2.32. The minimum absolute atomic E-state index is 0.139. The van der Waals surface area contributed by atoms with Crippen LogP contribution in [0.4, 0.5) is 0 Å². The molecule has 0 aromatic carbocycles. The van der Waals surface area contributed by atoms with Crippen LogP contribution in [0.2, 0.25) is 0 Å². The van der Waals surface area contributed by atoms with Gasteiger partial charge in [0.25, 0.3) is 0 Å². The number of nitrogens with zero attached hydrogens (tertiary/aromatic N) is 4. The molecule has 0 aromatic heterocycles. The van der Waals surface area contributed by atoms with Crippen molar-refractivity contribution in [2.24, 2.45) is 20.8 Å². The molecule has 0 radical (unpaired) electrons. The molecule has 174 valence electrons. The van der Waals surface area contributed by atoms with Crippen molar-refractivity contribution in [1.82, 2.24) is 9.80 Å². The zero-order chi connectivity index (χ0) is 21.7. The highest BCUT2D eigenvalue weighted by Crippen LogP contribution is 2.16. The average Bonchev–Trinajstić information content (AvgIpc) is 2.70. The second kappa shape index (κ2) is 13.6. The summed E-state index contributed by atoms with van der Waals surface area (Å²) in [5, 5.41) is 0. The average molecular weight is 423 g/mol. The summed E-state index contributed by atoms with van der Waals surface area (Å²) < 4.78 is 10.9. The highest BCUT2D eigenvalue weighted by molar-refractivity contribution is 5.65. The van der Waals surface area contributed by atoms with Crippen LogP contribution in [-0.4, -0.2) is 101 Å². The molecule has 2 heterocycles. The van der Waals surface area contributed by atoms with Gasteiger partial charge in [-0.1, -0.05) is 40.5 Å². The van der Waals surface area contributed by atoms with Gasteiger partial charge < -0.3 is 9.47 Å². The highest BCUT2D eigenvalue weighted by Gasteiger charge is 2.22. The molecule has 0 N–H and O–H groups in total. The number of hydrogen-bond donors (Lipinski definition) is 0. The van der Waals surface area contributed by atoms with Gasteiger partial charge in [0.1, 0.15) is 0 Å². The normalized spacial score (nSPS) is 20.5. The van der Waals surface area contributed by atoms with Crippen LogP contribution in [0.15, 0.2) is 9.98 Å². The second-order valence-electron chi connectivity index (χ2n) is 10.2. The number of rotatable bonds is 13. The van der Waals surface area contributed by atoms with E-state index in [4.69, 9.17) is 19.5 Å². The van der Waals surface area contributed by atoms with Crippen molar-refractivity contribution >= 4 is 12.4 Å². The molecule has 0 aliphatic carbocycles. The Kier molecular flexibility index (Phi) is 11.5. The van der Waals surface area contributed by atoms with Crippen molar-refractivity contribution in [3.8, 4) is 0 Å². The lowest BCUT2D eigenvalue weighted by atomic mass is 9.94. The molecule has 0 bridgehead atoms. The number of aliphatic imine (C=N–C) groups is 2. The first-order chi connectivity index (χ1) is 14.4. The minimum atomic E-state index is 0.139. The molecule has 6 heteroatoms. The quantitative estimate of drug-likeness (QED) is 0.337. The van der Waals surface area contributed by atoms with Gasteiger partial charge in [-0.15, -0.1) is 0 Å². The molecule has 2 fully saturated rings. The summed E-state index contributed by atoms with van der Waals surface area (Å²) in [6.07, 6.45) is 9.18. The van der Waals surface area contributed by atoms with Gasteiger partial charge in [0.2, 0.25) is 0 Å². The first-order valence-electron chi connectivity index (χ1n) is 12.0. The predicted octanol–water partition coefficient (Wildman–Crippen LogP) is 3.41. The van der Waals surface area contributed by atoms with Gasteiger partial charge in [-0.2, -0.15) is 0 Å². The molecule has 0 amide bonds. The zero-order valence-corrected chi connectivity index (χ0v) is 20.1. The van der Waals surface area contributed by atoms with Crippen LogP contribution in [0.5, 0.6) is 0 Å². The van der Waals surface area contributed by atoms with Gasteiger partial charge >= 0.3 is 0 Å². The number of hydrogen-bond acceptors (Lipinski definition) is 6. The fourth-order valence-corrected chi connectivity index (χ4v) is 4.14. The van der Waals surface area contributed by atoms with E-state index in [1.807, 2.05) is 0 Å². The van der Waals surface area contributed by atoms with E-state index in [0.717, 1.165) is 78.8 Å². The van der Waals surface area contributed by atoms with E-state index in [-0.39, 0.29) is 10.8 Å². The Labute approximate surface area is 185 Å². The lowest BCUT2D eigenvalue weighted by molar-refractivity contribution is 0.0289. The largest absolute Gasteiger partial charge is 0.379 e. The number of morpholine rings is 2. The molecule has 0 aromatic rings. The molecular formula is C24H46N4O2. The third kappa shape index (κ3) is 11.5. The van der Waals surface area contributed by atoms with Crippen molar-refractivity contribution in [3.63, 3.8) is 0 Å². The Morgan fingerprint density at radius 1 is 0.633 bits per heavy atom. The molecule has 2 aliphatic rings. The fourth-order valence-electron chi connectivity index (χ4n) is 4.14. The summed E-state index contributed by atoms with van der Waals surface area (Å²) in [7, 11) is 0. The standard InChI is InChI=1S/C24H46N4O2/c1-23(2,21-27-11-15-29-16-12-27)19-25-9-7-5-6-8-10-26-20-24(3,4)22-28-13-17-30-18-14-28/h19-20H,5-18,21-22H2,1-4H3. The van der Waals surface area contributed by atoms with Crippen molar-refractivity contribution in [2.45, 2.75) is 53.4 Å². The van der Waals surface area contributed by atoms with Gasteiger partial charge in [0.15, 0.2) is 0 Å². The maximum absolute atomic E-state index is 5.43. The van der Waals surface area contributed by atoms with Crippen LogP contribution >= 0.6 is 0 Å². The number of unbranched alkanes of at least 4 members (excludes halogenated alkanes) is 3. The highest BCUT2D eigenvalue weighted by atomic mass is 16.5. The van der Waals surface area contributed by atoms with Gasteiger partial charge in [0.05, 0.1) is 26.4 Å². The van der Waals surface area contributed by atoms with Crippen molar-refractivity contribution in [2.75, 3.05) is 78.8 Å². The van der Waals surface area contributed by atoms with E-state index in [2.05, 4.69) is 49.9 Å². The molecule has 0 atom stereocenters. The topological polar surface area (TPSA) is 49.7 Å². The maximum atomic E-state index is 5.43. The molecule has 2 rings (SSSR count). The third-order valence-electron chi connectivity index (χ3n) is 5.68. The van der Waals surface area contributed by atoms with E-state index in [1.54, 1.807) is 0 Å². The smallest absolute Gasteiger partial charge is 0.0594 e. The molecule has 0 saturated carbocycles. The van der Waals surface area contributed by atoms with Gasteiger partial charge in [-0.05, 0) is 12.8 Å². The summed E-state index contributed by atoms with van der Waals surface area (Å²) in [6.45, 7) is 20.8. The van der Waals surface area contributed by atoms with Crippen LogP contribution < -0.4 is 0 Å². The van der Waals surface area contributed by atoms with Gasteiger partial charge in [0, 0.05) is 75.6 Å². The number of ether oxygens (including phenoxy) is 2. The summed E-state index contributed by atoms with van der Waals surface area (Å²) in [5.41, 5.74) is 0.278. The van der Waals surface area contributed by atoms with Crippen LogP contribution in [0, 0.1) is 10.8 Å². The zero-order valence-electron chi connectivity index (χ0n) is 20.1. The Morgan fingerprint density at radius 3 is 1.37 bits per heavy atom. The Morgan fingerprint density at radius 2 is 1.00 bits per heavy atom. The molecule has 2 saturated heterocycles. The van der Waals surface area contributed by atoms with Crippen LogP contribution in [0.1, 0.15) is 53.4 Å². The Bertz CT molecular complexity index is 461. The van der Waals surface area contributed by atoms with Crippen molar-refractivity contribution < 1.29 is 9.47 Å². The van der Waals surface area contributed by atoms with Gasteiger partial charge in [-0.25, -0.2) is 0 Å². The van der Waals surface area contributed by atoms with E-state index < -0.39 is 0 Å². The van der Waals surface area contributed by atoms with Crippen LogP contribution in [0.3, 0.4) is 0 Å². The molecule has 6 nitrogen and oxygen atoms in total. The van der Waals surface area contributed by atoms with Crippen LogP contribution in [-0.2, 0) is 9.47 Å². The van der Waals surface area contributed by atoms with E-state index >= 15 is 0 Å². The molecule has 0 spiro atoms. The summed E-state index contributed by atoms with van der Waals surface area (Å²) >= 11 is 0. The fraction of sp³-hybridized carbons (Fsp3) is 0.917. The SMILES string of the molecule is CC(C)(C=NCCCCCCN=CC(C)(C)CN1CCOCC1)CN1CCOCC1. The van der Waals surface area contributed by atoms with Crippen molar-refractivity contribution in [3.05, 3.63) is 0 Å². The summed E-state index contributed by atoms with van der Waals surface area (Å²) in [5.74, 6) is 0. The second-order valence-corrected chi connectivity index (χ2v) is 10.2. The molecule has 2 aliphatic heterocycles. The summed E-state index contributed by atoms with van der Waals surface area (Å²) in [4.78, 5) is 14.4. The van der Waals surface area contributed by atoms with E-state index in [0.29, 0.717) is 0 Å². The third-order valence-corrected chi connectivity index (χ3v) is 5.68. The predicted molar refractivity (Wildman–Crippen MR) is 127 cm³/mol. The van der Waals surface area contributed by atoms with Gasteiger partial charge in [-0.3, -0.25) is 19.8 Å². The molecule has 30 heavy (non-hydrogen) atoms. The Hall–Kier alpha value is -0.820. The lowest BCUT2D eigenvalue weighted by Crippen LogP contribution is -2.42. The monoisotopic (exact) mass is 422 g/mol. The molecule has 0 unspecified atom stereocenters. The maximum Gasteiger partial charge on any atom is 0.0594 e. The Balaban J connectivity index is 1.48. The van der Waals surface area contributed by atoms with E-state index in [1.165, 1.54) is 25.7 Å². The van der Waals surface area contributed by atoms with E-state index in [9.17, 15) is 0 Å². The first kappa shape index (κ1) is 25.4. The molecular weight excluding hydrogens is 376 g/mol.